The molecular formula is C19H27NO3. The molecule has 1 aromatic rings. The van der Waals surface area contributed by atoms with E-state index in [1.165, 1.54) is 32.1 Å². The molecule has 0 aromatic heterocycles. The standard InChI is InChI=1S/C19H27NO3/c1-14-8-10-17(15(2)12-14)20-18(21)13-23-19(22)11-9-16-6-4-3-5-7-16/h8,10,12,16H,3-7,9,11,13H2,1-2H3,(H,20,21). The Labute approximate surface area is 138 Å². The number of aryl methyl sites for hydroxylation is 2. The molecule has 0 heterocycles. The summed E-state index contributed by atoms with van der Waals surface area (Å²) in [6.45, 7) is 3.74. The molecule has 126 valence electrons. The number of hydrogen-bond donors (Lipinski definition) is 1. The van der Waals surface area contributed by atoms with Gasteiger partial charge in [-0.05, 0) is 37.8 Å². The molecule has 1 aliphatic rings. The number of amides is 1. The highest BCUT2D eigenvalue weighted by Crippen LogP contribution is 2.27. The Morgan fingerprint density at radius 1 is 1.17 bits per heavy atom. The van der Waals surface area contributed by atoms with Crippen molar-refractivity contribution in [3.63, 3.8) is 0 Å². The van der Waals surface area contributed by atoms with Crippen LogP contribution >= 0.6 is 0 Å². The molecule has 23 heavy (non-hydrogen) atoms. The van der Waals surface area contributed by atoms with Crippen LogP contribution in [0.5, 0.6) is 0 Å². The summed E-state index contributed by atoms with van der Waals surface area (Å²) in [4.78, 5) is 23.6. The van der Waals surface area contributed by atoms with Crippen molar-refractivity contribution in [1.29, 1.82) is 0 Å². The van der Waals surface area contributed by atoms with Gasteiger partial charge in [0.1, 0.15) is 0 Å². The first kappa shape index (κ1) is 17.5. The van der Waals surface area contributed by atoms with E-state index in [0.717, 1.165) is 23.2 Å². The monoisotopic (exact) mass is 317 g/mol. The lowest BCUT2D eigenvalue weighted by molar-refractivity contribution is -0.147. The molecule has 0 radical (unpaired) electrons. The van der Waals surface area contributed by atoms with Crippen LogP contribution in [0.25, 0.3) is 0 Å². The molecule has 4 heteroatoms. The van der Waals surface area contributed by atoms with Gasteiger partial charge in [-0.1, -0.05) is 49.8 Å². The Morgan fingerprint density at radius 3 is 2.61 bits per heavy atom. The number of benzene rings is 1. The van der Waals surface area contributed by atoms with Gasteiger partial charge < -0.3 is 10.1 Å². The molecule has 0 atom stereocenters. The Bertz CT molecular complexity index is 548. The zero-order valence-corrected chi connectivity index (χ0v) is 14.2. The van der Waals surface area contributed by atoms with E-state index in [1.54, 1.807) is 0 Å². The van der Waals surface area contributed by atoms with Crippen LogP contribution in [0.1, 0.15) is 56.1 Å². The number of carbonyl (C=O) groups excluding carboxylic acids is 2. The van der Waals surface area contributed by atoms with Crippen molar-refractivity contribution in [2.45, 2.75) is 58.8 Å². The van der Waals surface area contributed by atoms with Crippen LogP contribution in [0.3, 0.4) is 0 Å². The van der Waals surface area contributed by atoms with E-state index < -0.39 is 0 Å². The van der Waals surface area contributed by atoms with Crippen LogP contribution in [-0.4, -0.2) is 18.5 Å². The number of hydrogen-bond acceptors (Lipinski definition) is 3. The van der Waals surface area contributed by atoms with Gasteiger partial charge in [0.05, 0.1) is 0 Å². The summed E-state index contributed by atoms with van der Waals surface area (Å²) in [7, 11) is 0. The van der Waals surface area contributed by atoms with Gasteiger partial charge >= 0.3 is 5.97 Å². The summed E-state index contributed by atoms with van der Waals surface area (Å²) >= 11 is 0. The van der Waals surface area contributed by atoms with Crippen LogP contribution in [0.4, 0.5) is 5.69 Å². The number of nitrogens with one attached hydrogen (secondary N) is 1. The van der Waals surface area contributed by atoms with E-state index >= 15 is 0 Å². The number of ether oxygens (including phenoxy) is 1. The lowest BCUT2D eigenvalue weighted by Crippen LogP contribution is -2.21. The summed E-state index contributed by atoms with van der Waals surface area (Å²) in [5, 5.41) is 2.78. The van der Waals surface area contributed by atoms with Crippen molar-refractivity contribution in [1.82, 2.24) is 0 Å². The van der Waals surface area contributed by atoms with Crippen molar-refractivity contribution in [2.24, 2.45) is 5.92 Å². The topological polar surface area (TPSA) is 55.4 Å². The molecule has 0 unspecified atom stereocenters. The predicted octanol–water partition coefficient (Wildman–Crippen LogP) is 4.15. The zero-order chi connectivity index (χ0) is 16.7. The van der Waals surface area contributed by atoms with Gasteiger partial charge in [0, 0.05) is 12.1 Å². The van der Waals surface area contributed by atoms with Crippen molar-refractivity contribution in [2.75, 3.05) is 11.9 Å². The fourth-order valence-corrected chi connectivity index (χ4v) is 3.16. The Hall–Kier alpha value is -1.84. The van der Waals surface area contributed by atoms with Crippen LogP contribution in [0.15, 0.2) is 18.2 Å². The second kappa shape index (κ2) is 8.70. The smallest absolute Gasteiger partial charge is 0.306 e. The molecular weight excluding hydrogens is 290 g/mol. The summed E-state index contributed by atoms with van der Waals surface area (Å²) in [5.41, 5.74) is 2.91. The maximum atomic E-state index is 11.9. The second-order valence-corrected chi connectivity index (χ2v) is 6.57. The molecule has 1 fully saturated rings. The predicted molar refractivity (Wildman–Crippen MR) is 91.3 cm³/mol. The third-order valence-corrected chi connectivity index (χ3v) is 4.50. The minimum absolute atomic E-state index is 0.211. The molecule has 0 saturated heterocycles. The normalized spacial score (nSPS) is 15.2. The van der Waals surface area contributed by atoms with Crippen molar-refractivity contribution >= 4 is 17.6 Å². The Morgan fingerprint density at radius 2 is 1.91 bits per heavy atom. The number of anilines is 1. The average molecular weight is 317 g/mol. The third-order valence-electron chi connectivity index (χ3n) is 4.50. The molecule has 1 N–H and O–H groups in total. The third kappa shape index (κ3) is 6.05. The van der Waals surface area contributed by atoms with Crippen LogP contribution in [0.2, 0.25) is 0 Å². The van der Waals surface area contributed by atoms with Crippen LogP contribution < -0.4 is 5.32 Å². The van der Waals surface area contributed by atoms with Crippen LogP contribution in [-0.2, 0) is 14.3 Å². The molecule has 4 nitrogen and oxygen atoms in total. The highest BCUT2D eigenvalue weighted by Gasteiger charge is 2.16. The molecule has 0 aliphatic heterocycles. The Kier molecular flexibility index (Phi) is 6.63. The summed E-state index contributed by atoms with van der Waals surface area (Å²) in [6.07, 6.45) is 7.62. The van der Waals surface area contributed by atoms with E-state index in [2.05, 4.69) is 5.32 Å². The summed E-state index contributed by atoms with van der Waals surface area (Å²) in [5.74, 6) is 0.0923. The quantitative estimate of drug-likeness (QED) is 0.802. The minimum atomic E-state index is -0.289. The number of carbonyl (C=O) groups is 2. The molecule has 0 bridgehead atoms. The van der Waals surface area contributed by atoms with E-state index in [0.29, 0.717) is 12.3 Å². The first-order chi connectivity index (χ1) is 11.0. The molecule has 2 rings (SSSR count). The fraction of sp³-hybridized carbons (Fsp3) is 0.579. The largest absolute Gasteiger partial charge is 0.456 e. The van der Waals surface area contributed by atoms with Gasteiger partial charge in [0.25, 0.3) is 5.91 Å². The molecule has 1 amide bonds. The van der Waals surface area contributed by atoms with E-state index in [4.69, 9.17) is 4.74 Å². The van der Waals surface area contributed by atoms with Gasteiger partial charge in [-0.3, -0.25) is 9.59 Å². The first-order valence-electron chi connectivity index (χ1n) is 8.57. The minimum Gasteiger partial charge on any atom is -0.456 e. The van der Waals surface area contributed by atoms with Gasteiger partial charge in [-0.2, -0.15) is 0 Å². The van der Waals surface area contributed by atoms with E-state index in [9.17, 15) is 9.59 Å². The zero-order valence-electron chi connectivity index (χ0n) is 14.2. The second-order valence-electron chi connectivity index (χ2n) is 6.57. The van der Waals surface area contributed by atoms with E-state index in [-0.39, 0.29) is 18.5 Å². The SMILES string of the molecule is Cc1ccc(NC(=O)COC(=O)CCC2CCCCC2)c(C)c1. The molecule has 1 saturated carbocycles. The van der Waals surface area contributed by atoms with Gasteiger partial charge in [-0.15, -0.1) is 0 Å². The maximum Gasteiger partial charge on any atom is 0.306 e. The highest BCUT2D eigenvalue weighted by molar-refractivity contribution is 5.93. The summed E-state index contributed by atoms with van der Waals surface area (Å²) in [6, 6.07) is 5.82. The van der Waals surface area contributed by atoms with E-state index in [1.807, 2.05) is 32.0 Å². The lowest BCUT2D eigenvalue weighted by Gasteiger charge is -2.20. The lowest BCUT2D eigenvalue weighted by atomic mass is 9.86. The first-order valence-corrected chi connectivity index (χ1v) is 8.57. The highest BCUT2D eigenvalue weighted by atomic mass is 16.5. The number of esters is 1. The van der Waals surface area contributed by atoms with Crippen molar-refractivity contribution < 1.29 is 14.3 Å². The maximum absolute atomic E-state index is 11.9. The van der Waals surface area contributed by atoms with Gasteiger partial charge in [0.15, 0.2) is 6.61 Å². The Balaban J connectivity index is 1.68. The van der Waals surface area contributed by atoms with Crippen molar-refractivity contribution in [3.05, 3.63) is 29.3 Å². The summed E-state index contributed by atoms with van der Waals surface area (Å²) < 4.78 is 5.08. The molecule has 1 aromatic carbocycles. The molecule has 0 spiro atoms. The molecule has 1 aliphatic carbocycles. The van der Waals surface area contributed by atoms with Gasteiger partial charge in [-0.25, -0.2) is 0 Å². The fourth-order valence-electron chi connectivity index (χ4n) is 3.16. The average Bonchev–Trinajstić information content (AvgIpc) is 2.54. The van der Waals surface area contributed by atoms with Gasteiger partial charge in [0.2, 0.25) is 0 Å². The van der Waals surface area contributed by atoms with Crippen LogP contribution in [0, 0.1) is 19.8 Å². The number of rotatable bonds is 6. The van der Waals surface area contributed by atoms with Crippen molar-refractivity contribution in [3.8, 4) is 0 Å².